The highest BCUT2D eigenvalue weighted by molar-refractivity contribution is 5.76. The Labute approximate surface area is 172 Å². The summed E-state index contributed by atoms with van der Waals surface area (Å²) in [4.78, 5) is 16.5. The predicted octanol–water partition coefficient (Wildman–Crippen LogP) is 4.45. The van der Waals surface area contributed by atoms with Gasteiger partial charge in [-0.25, -0.2) is 0 Å². The summed E-state index contributed by atoms with van der Waals surface area (Å²) >= 11 is 0. The second kappa shape index (κ2) is 13.2. The molecular formula is C24H39N3O. The molecule has 0 bridgehead atoms. The Bertz CT molecular complexity index is 595. The third-order valence-electron chi connectivity index (χ3n) is 5.37. The Hall–Kier alpha value is -2.07. The minimum Gasteiger partial charge on any atom is -0.375 e. The van der Waals surface area contributed by atoms with Crippen LogP contribution in [0.15, 0.2) is 60.9 Å². The van der Waals surface area contributed by atoms with Crippen molar-refractivity contribution < 1.29 is 4.79 Å². The van der Waals surface area contributed by atoms with Gasteiger partial charge in [-0.3, -0.25) is 4.79 Å². The maximum absolute atomic E-state index is 11.6. The SMILES string of the molecule is C=C/C=C(\C=C)CCN1CCC(N(C)/C(C)=C/C(=C)CNC(=O)CCC)CC1. The molecule has 1 fully saturated rings. The van der Waals surface area contributed by atoms with Crippen LogP contribution in [0.2, 0.25) is 0 Å². The van der Waals surface area contributed by atoms with Crippen LogP contribution in [0.25, 0.3) is 0 Å². The molecule has 28 heavy (non-hydrogen) atoms. The quantitative estimate of drug-likeness (QED) is 0.504. The van der Waals surface area contributed by atoms with Crippen LogP contribution in [-0.2, 0) is 4.79 Å². The molecule has 0 aliphatic carbocycles. The van der Waals surface area contributed by atoms with Gasteiger partial charge in [0.05, 0.1) is 0 Å². The van der Waals surface area contributed by atoms with Crippen molar-refractivity contribution in [2.24, 2.45) is 0 Å². The van der Waals surface area contributed by atoms with Crippen molar-refractivity contribution in [3.8, 4) is 0 Å². The standard InChI is InChI=1S/C24H39N3O/c1-7-10-22(9-3)12-15-27-16-13-23(14-17-27)26(6)21(5)18-20(4)19-25-24(28)11-8-2/h7,9-10,18,23H,1,3-4,8,11-17,19H2,2,5-6H3,(H,25,28)/b21-18+,22-10+. The molecule has 0 aromatic carbocycles. The van der Waals surface area contributed by atoms with E-state index in [4.69, 9.17) is 0 Å². The number of hydrogen-bond donors (Lipinski definition) is 1. The molecule has 4 nitrogen and oxygen atoms in total. The van der Waals surface area contributed by atoms with Crippen LogP contribution in [0, 0.1) is 0 Å². The number of nitrogens with zero attached hydrogens (tertiary/aromatic N) is 2. The zero-order chi connectivity index (χ0) is 20.9. The minimum absolute atomic E-state index is 0.0953. The van der Waals surface area contributed by atoms with Crippen LogP contribution in [0.1, 0.15) is 46.0 Å². The Kier molecular flexibility index (Phi) is 11.3. The van der Waals surface area contributed by atoms with Gasteiger partial charge in [0.2, 0.25) is 5.91 Å². The number of rotatable bonds is 12. The van der Waals surface area contributed by atoms with Gasteiger partial charge in [0.15, 0.2) is 0 Å². The maximum atomic E-state index is 11.6. The first-order valence-electron chi connectivity index (χ1n) is 10.4. The Balaban J connectivity index is 2.43. The second-order valence-electron chi connectivity index (χ2n) is 7.59. The smallest absolute Gasteiger partial charge is 0.220 e. The van der Waals surface area contributed by atoms with Crippen LogP contribution < -0.4 is 5.32 Å². The van der Waals surface area contributed by atoms with Crippen LogP contribution in [-0.4, -0.2) is 55.0 Å². The summed E-state index contributed by atoms with van der Waals surface area (Å²) in [6.45, 7) is 19.7. The van der Waals surface area contributed by atoms with E-state index >= 15 is 0 Å². The highest BCUT2D eigenvalue weighted by Gasteiger charge is 2.22. The third-order valence-corrected chi connectivity index (χ3v) is 5.37. The molecule has 0 aromatic rings. The van der Waals surface area contributed by atoms with Gasteiger partial charge in [-0.05, 0) is 49.8 Å². The topological polar surface area (TPSA) is 35.6 Å². The van der Waals surface area contributed by atoms with Gasteiger partial charge in [-0.2, -0.15) is 0 Å². The minimum atomic E-state index is 0.0953. The average Bonchev–Trinajstić information content (AvgIpc) is 2.69. The molecule has 1 rings (SSSR count). The first kappa shape index (κ1) is 24.0. The summed E-state index contributed by atoms with van der Waals surface area (Å²) < 4.78 is 0. The van der Waals surface area contributed by atoms with E-state index in [2.05, 4.69) is 54.9 Å². The van der Waals surface area contributed by atoms with Gasteiger partial charge in [0.25, 0.3) is 0 Å². The summed E-state index contributed by atoms with van der Waals surface area (Å²) in [5.41, 5.74) is 3.39. The van der Waals surface area contributed by atoms with Crippen LogP contribution in [0.3, 0.4) is 0 Å². The van der Waals surface area contributed by atoms with E-state index in [0.29, 0.717) is 19.0 Å². The molecule has 0 spiro atoms. The number of carbonyl (C=O) groups is 1. The Morgan fingerprint density at radius 2 is 1.93 bits per heavy atom. The van der Waals surface area contributed by atoms with Crippen molar-refractivity contribution in [1.29, 1.82) is 0 Å². The number of likely N-dealkylation sites (tertiary alicyclic amines) is 1. The largest absolute Gasteiger partial charge is 0.375 e. The molecule has 0 atom stereocenters. The molecular weight excluding hydrogens is 346 g/mol. The van der Waals surface area contributed by atoms with E-state index in [0.717, 1.165) is 50.9 Å². The molecule has 1 saturated heterocycles. The van der Waals surface area contributed by atoms with Crippen molar-refractivity contribution in [2.75, 3.05) is 33.2 Å². The predicted molar refractivity (Wildman–Crippen MR) is 121 cm³/mol. The lowest BCUT2D eigenvalue weighted by atomic mass is 10.0. The molecule has 156 valence electrons. The lowest BCUT2D eigenvalue weighted by Crippen LogP contribution is -2.43. The fourth-order valence-corrected chi connectivity index (χ4v) is 3.49. The van der Waals surface area contributed by atoms with Crippen molar-refractivity contribution in [2.45, 2.75) is 52.0 Å². The molecule has 1 aliphatic rings. The number of amides is 1. The Morgan fingerprint density at radius 3 is 2.50 bits per heavy atom. The second-order valence-corrected chi connectivity index (χ2v) is 7.59. The van der Waals surface area contributed by atoms with Gasteiger partial charge in [-0.1, -0.05) is 44.9 Å². The zero-order valence-electron chi connectivity index (χ0n) is 18.2. The highest BCUT2D eigenvalue weighted by Crippen LogP contribution is 2.20. The van der Waals surface area contributed by atoms with Gasteiger partial charge in [0, 0.05) is 51.4 Å². The molecule has 4 heteroatoms. The molecule has 0 unspecified atom stereocenters. The van der Waals surface area contributed by atoms with Gasteiger partial charge in [-0.15, -0.1) is 0 Å². The normalized spacial score (nSPS) is 16.5. The van der Waals surface area contributed by atoms with Crippen molar-refractivity contribution in [1.82, 2.24) is 15.1 Å². The summed E-state index contributed by atoms with van der Waals surface area (Å²) in [6, 6.07) is 0.553. The van der Waals surface area contributed by atoms with Gasteiger partial charge >= 0.3 is 0 Å². The van der Waals surface area contributed by atoms with Crippen molar-refractivity contribution in [3.05, 3.63) is 60.9 Å². The first-order valence-corrected chi connectivity index (χ1v) is 10.4. The van der Waals surface area contributed by atoms with Crippen LogP contribution in [0.5, 0.6) is 0 Å². The first-order chi connectivity index (χ1) is 13.4. The lowest BCUT2D eigenvalue weighted by Gasteiger charge is -2.38. The fraction of sp³-hybridized carbons (Fsp3) is 0.542. The number of piperidine rings is 1. The third kappa shape index (κ3) is 8.75. The van der Waals surface area contributed by atoms with Crippen LogP contribution in [0.4, 0.5) is 0 Å². The highest BCUT2D eigenvalue weighted by atomic mass is 16.1. The maximum Gasteiger partial charge on any atom is 0.220 e. The number of hydrogen-bond acceptors (Lipinski definition) is 3. The van der Waals surface area contributed by atoms with E-state index < -0.39 is 0 Å². The molecule has 1 heterocycles. The van der Waals surface area contributed by atoms with E-state index in [-0.39, 0.29) is 5.91 Å². The molecule has 0 saturated carbocycles. The zero-order valence-corrected chi connectivity index (χ0v) is 18.2. The van der Waals surface area contributed by atoms with Gasteiger partial charge in [0.1, 0.15) is 0 Å². The fourth-order valence-electron chi connectivity index (χ4n) is 3.49. The van der Waals surface area contributed by atoms with Crippen LogP contribution >= 0.6 is 0 Å². The summed E-state index contributed by atoms with van der Waals surface area (Å²) in [5, 5.41) is 2.92. The van der Waals surface area contributed by atoms with E-state index in [9.17, 15) is 4.79 Å². The van der Waals surface area contributed by atoms with E-state index in [1.165, 1.54) is 11.3 Å². The number of carbonyl (C=O) groups excluding carboxylic acids is 1. The molecule has 0 radical (unpaired) electrons. The van der Waals surface area contributed by atoms with E-state index in [1.54, 1.807) is 0 Å². The summed E-state index contributed by atoms with van der Waals surface area (Å²) in [6.07, 6.45) is 12.7. The monoisotopic (exact) mass is 385 g/mol. The van der Waals surface area contributed by atoms with E-state index in [1.807, 2.05) is 25.2 Å². The van der Waals surface area contributed by atoms with Gasteiger partial charge < -0.3 is 15.1 Å². The molecule has 1 amide bonds. The average molecular weight is 386 g/mol. The summed E-state index contributed by atoms with van der Waals surface area (Å²) in [5.74, 6) is 0.0953. The molecule has 0 aromatic heterocycles. The molecule has 1 aliphatic heterocycles. The number of allylic oxidation sites excluding steroid dienone is 4. The Morgan fingerprint density at radius 1 is 1.25 bits per heavy atom. The summed E-state index contributed by atoms with van der Waals surface area (Å²) in [7, 11) is 2.16. The van der Waals surface area contributed by atoms with Crippen molar-refractivity contribution >= 4 is 5.91 Å². The lowest BCUT2D eigenvalue weighted by molar-refractivity contribution is -0.120. The number of nitrogens with one attached hydrogen (secondary N) is 1. The van der Waals surface area contributed by atoms with Crippen molar-refractivity contribution in [3.63, 3.8) is 0 Å². The molecule has 1 N–H and O–H groups in total.